The van der Waals surface area contributed by atoms with E-state index in [1.165, 1.54) is 6.20 Å². The summed E-state index contributed by atoms with van der Waals surface area (Å²) >= 11 is 5.75. The van der Waals surface area contributed by atoms with Crippen LogP contribution in [0, 0.1) is 12.8 Å². The van der Waals surface area contributed by atoms with Gasteiger partial charge in [0.1, 0.15) is 5.69 Å². The van der Waals surface area contributed by atoms with E-state index in [0.717, 1.165) is 24.1 Å². The lowest BCUT2D eigenvalue weighted by Crippen LogP contribution is -2.50. The van der Waals surface area contributed by atoms with E-state index >= 15 is 0 Å². The van der Waals surface area contributed by atoms with Gasteiger partial charge in [-0.2, -0.15) is 0 Å². The van der Waals surface area contributed by atoms with Crippen molar-refractivity contribution in [2.24, 2.45) is 5.92 Å². The smallest absolute Gasteiger partial charge is 0.269 e. The minimum absolute atomic E-state index is 0.000274. The maximum absolute atomic E-state index is 13.2. The van der Waals surface area contributed by atoms with E-state index in [0.29, 0.717) is 24.4 Å². The number of aromatic amines is 1. The highest BCUT2D eigenvalue weighted by atomic mass is 35.5. The van der Waals surface area contributed by atoms with Gasteiger partial charge in [0.2, 0.25) is 5.28 Å². The van der Waals surface area contributed by atoms with Crippen LogP contribution in [0.2, 0.25) is 5.28 Å². The van der Waals surface area contributed by atoms with E-state index in [1.54, 1.807) is 11.1 Å². The van der Waals surface area contributed by atoms with E-state index in [-0.39, 0.29) is 34.8 Å². The fourth-order valence-corrected chi connectivity index (χ4v) is 4.85. The Hall–Kier alpha value is -2.45. The number of aromatic nitrogens is 3. The number of likely N-dealkylation sites (tertiary alicyclic amines) is 1. The lowest BCUT2D eigenvalue weighted by atomic mass is 10.0. The van der Waals surface area contributed by atoms with Gasteiger partial charge in [0, 0.05) is 30.3 Å². The van der Waals surface area contributed by atoms with E-state index in [1.807, 2.05) is 13.0 Å². The van der Waals surface area contributed by atoms with E-state index in [4.69, 9.17) is 11.6 Å². The molecule has 0 spiro atoms. The van der Waals surface area contributed by atoms with Crippen LogP contribution in [0.3, 0.4) is 0 Å². The quantitative estimate of drug-likeness (QED) is 0.703. The van der Waals surface area contributed by atoms with Gasteiger partial charge in [-0.05, 0) is 49.4 Å². The summed E-state index contributed by atoms with van der Waals surface area (Å²) in [5.41, 5.74) is 2.76. The molecule has 3 heterocycles. The second kappa shape index (κ2) is 6.81. The van der Waals surface area contributed by atoms with Crippen LogP contribution in [0.4, 0.5) is 0 Å². The molecule has 2 aromatic rings. The Bertz CT molecular complexity index is 988. The summed E-state index contributed by atoms with van der Waals surface area (Å²) in [5, 5.41) is 13.6. The number of H-pyrrole nitrogens is 1. The van der Waals surface area contributed by atoms with Crippen molar-refractivity contribution in [1.82, 2.24) is 25.2 Å². The second-order valence-electron chi connectivity index (χ2n) is 8.30. The van der Waals surface area contributed by atoms with Crippen molar-refractivity contribution in [2.75, 3.05) is 6.54 Å². The molecular weight excluding hydrogens is 394 g/mol. The molecule has 1 aliphatic heterocycles. The molecule has 9 heteroatoms. The molecule has 2 bridgehead atoms. The van der Waals surface area contributed by atoms with Gasteiger partial charge < -0.3 is 20.3 Å². The molecule has 152 valence electrons. The summed E-state index contributed by atoms with van der Waals surface area (Å²) in [5.74, 6) is 0.0326. The molecule has 2 aromatic heterocycles. The number of rotatable bonds is 4. The summed E-state index contributed by atoms with van der Waals surface area (Å²) in [6.07, 6.45) is 5.22. The van der Waals surface area contributed by atoms with Crippen molar-refractivity contribution >= 4 is 23.4 Å². The molecule has 0 radical (unpaired) electrons. The first-order valence-electron chi connectivity index (χ1n) is 9.89. The Morgan fingerprint density at radius 2 is 2.10 bits per heavy atom. The fraction of sp³-hybridized carbons (Fsp3) is 0.500. The van der Waals surface area contributed by atoms with Crippen molar-refractivity contribution in [3.63, 3.8) is 0 Å². The van der Waals surface area contributed by atoms with Crippen LogP contribution in [0.15, 0.2) is 18.5 Å². The van der Waals surface area contributed by atoms with Crippen molar-refractivity contribution < 1.29 is 14.7 Å². The molecule has 8 nitrogen and oxygen atoms in total. The van der Waals surface area contributed by atoms with Gasteiger partial charge in [-0.1, -0.05) is 0 Å². The predicted octanol–water partition coefficient (Wildman–Crippen LogP) is 1.65. The Morgan fingerprint density at radius 3 is 2.76 bits per heavy atom. The number of fused-ring (bicyclic) bond motifs is 2. The lowest BCUT2D eigenvalue weighted by molar-refractivity contribution is 0.0383. The Balaban J connectivity index is 1.35. The SMILES string of the molecule is Cc1cc(C2CC2)ncc1C(=O)N1C[C@@H]2C[C@@H](O)[C@H]1[C@H]2NC(=O)c1cnc(Cl)[nH]1. The van der Waals surface area contributed by atoms with Gasteiger partial charge in [-0.15, -0.1) is 0 Å². The Labute approximate surface area is 172 Å². The highest BCUT2D eigenvalue weighted by Crippen LogP contribution is 2.41. The van der Waals surface area contributed by atoms with Gasteiger partial charge in [-0.3, -0.25) is 14.6 Å². The second-order valence-corrected chi connectivity index (χ2v) is 8.65. The number of amides is 2. The number of carbonyl (C=O) groups excluding carboxylic acids is 2. The number of pyridine rings is 1. The van der Waals surface area contributed by atoms with Crippen molar-refractivity contribution in [3.8, 4) is 0 Å². The third kappa shape index (κ3) is 3.20. The molecule has 29 heavy (non-hydrogen) atoms. The van der Waals surface area contributed by atoms with Crippen LogP contribution in [-0.2, 0) is 0 Å². The van der Waals surface area contributed by atoms with Crippen LogP contribution in [0.5, 0.6) is 0 Å². The number of imidazole rings is 1. The molecular formula is C20H22ClN5O3. The molecule has 0 aromatic carbocycles. The van der Waals surface area contributed by atoms with Crippen LogP contribution >= 0.6 is 11.6 Å². The minimum Gasteiger partial charge on any atom is -0.391 e. The van der Waals surface area contributed by atoms with Crippen molar-refractivity contribution in [1.29, 1.82) is 0 Å². The minimum atomic E-state index is -0.674. The third-order valence-corrected chi connectivity index (χ3v) is 6.50. The lowest BCUT2D eigenvalue weighted by Gasteiger charge is -2.31. The summed E-state index contributed by atoms with van der Waals surface area (Å²) in [6, 6.07) is 1.22. The first-order valence-corrected chi connectivity index (χ1v) is 10.3. The van der Waals surface area contributed by atoms with Crippen LogP contribution in [-0.4, -0.2) is 61.5 Å². The largest absolute Gasteiger partial charge is 0.391 e. The number of hydrogen-bond acceptors (Lipinski definition) is 5. The first-order chi connectivity index (χ1) is 13.9. The Morgan fingerprint density at radius 1 is 1.31 bits per heavy atom. The topological polar surface area (TPSA) is 111 Å². The number of aryl methyl sites for hydroxylation is 1. The maximum Gasteiger partial charge on any atom is 0.269 e. The monoisotopic (exact) mass is 415 g/mol. The standard InChI is InChI=1S/C20H22ClN5O3/c1-9-4-13(10-2-3-10)22-6-12(9)19(29)26-8-11-5-15(27)17(26)16(11)25-18(28)14-7-23-20(21)24-14/h4,6-7,10-11,15-17,27H,2-3,5,8H2,1H3,(H,23,24)(H,25,28)/t11-,15+,16-,17-/m0/s1. The van der Waals surface area contributed by atoms with E-state index in [2.05, 4.69) is 20.3 Å². The molecule has 3 N–H and O–H groups in total. The van der Waals surface area contributed by atoms with Gasteiger partial charge in [0.15, 0.2) is 0 Å². The summed E-state index contributed by atoms with van der Waals surface area (Å²) in [4.78, 5) is 38.4. The molecule has 5 rings (SSSR count). The van der Waals surface area contributed by atoms with Crippen LogP contribution in [0.1, 0.15) is 57.3 Å². The molecule has 1 saturated heterocycles. The van der Waals surface area contributed by atoms with Crippen LogP contribution < -0.4 is 5.32 Å². The molecule has 2 saturated carbocycles. The number of aliphatic hydroxyl groups is 1. The number of nitrogens with one attached hydrogen (secondary N) is 2. The number of carbonyl (C=O) groups is 2. The summed E-state index contributed by atoms with van der Waals surface area (Å²) in [7, 11) is 0. The number of piperidine rings is 1. The zero-order valence-corrected chi connectivity index (χ0v) is 16.7. The molecule has 2 amide bonds. The first kappa shape index (κ1) is 18.6. The number of halogens is 1. The van der Waals surface area contributed by atoms with Crippen LogP contribution in [0.25, 0.3) is 0 Å². The summed E-state index contributed by atoms with van der Waals surface area (Å²) < 4.78 is 0. The molecule has 3 aliphatic rings. The Kier molecular flexibility index (Phi) is 4.36. The number of aliphatic hydroxyl groups excluding tert-OH is 1. The molecule has 2 aliphatic carbocycles. The number of hydrogen-bond donors (Lipinski definition) is 3. The van der Waals surface area contributed by atoms with Gasteiger partial charge in [-0.25, -0.2) is 4.98 Å². The predicted molar refractivity (Wildman–Crippen MR) is 105 cm³/mol. The zero-order chi connectivity index (χ0) is 20.3. The zero-order valence-electron chi connectivity index (χ0n) is 15.9. The normalized spacial score (nSPS) is 28.0. The van der Waals surface area contributed by atoms with Gasteiger partial charge in [0.05, 0.1) is 29.9 Å². The molecule has 4 atom stereocenters. The molecule has 3 fully saturated rings. The summed E-state index contributed by atoms with van der Waals surface area (Å²) in [6.45, 7) is 2.42. The van der Waals surface area contributed by atoms with E-state index < -0.39 is 12.1 Å². The van der Waals surface area contributed by atoms with Gasteiger partial charge in [0.25, 0.3) is 11.8 Å². The van der Waals surface area contributed by atoms with Crippen molar-refractivity contribution in [3.05, 3.63) is 46.3 Å². The van der Waals surface area contributed by atoms with Gasteiger partial charge >= 0.3 is 0 Å². The average molecular weight is 416 g/mol. The average Bonchev–Trinajstić information content (AvgIpc) is 3.28. The van der Waals surface area contributed by atoms with E-state index in [9.17, 15) is 14.7 Å². The maximum atomic E-state index is 13.2. The third-order valence-electron chi connectivity index (χ3n) is 6.31. The molecule has 0 unspecified atom stereocenters. The van der Waals surface area contributed by atoms with Crippen molar-refractivity contribution in [2.45, 2.75) is 50.3 Å². The highest BCUT2D eigenvalue weighted by molar-refractivity contribution is 6.28. The highest BCUT2D eigenvalue weighted by Gasteiger charge is 2.54. The number of nitrogens with zero attached hydrogens (tertiary/aromatic N) is 3. The fourth-order valence-electron chi connectivity index (χ4n) is 4.70.